The molecule has 1 N–H and O–H groups in total. The fraction of sp³-hybridized carbons (Fsp3) is 0.522. The number of alkyl halides is 3. The number of aromatic nitrogens is 6. The van der Waals surface area contributed by atoms with Gasteiger partial charge in [0.25, 0.3) is 0 Å². The minimum atomic E-state index is -4.49. The number of rotatable bonds is 7. The van der Waals surface area contributed by atoms with Gasteiger partial charge in [-0.15, -0.1) is 0 Å². The van der Waals surface area contributed by atoms with E-state index >= 15 is 0 Å². The van der Waals surface area contributed by atoms with E-state index in [1.165, 1.54) is 11.7 Å². The third kappa shape index (κ3) is 4.31. The van der Waals surface area contributed by atoms with Gasteiger partial charge in [0, 0.05) is 33.8 Å². The summed E-state index contributed by atoms with van der Waals surface area (Å²) in [4.78, 5) is 24.0. The Bertz CT molecular complexity index is 1310. The first-order valence-electron chi connectivity index (χ1n) is 11.6. The molecule has 0 spiro atoms. The van der Waals surface area contributed by atoms with Crippen LogP contribution in [0.3, 0.4) is 0 Å². The van der Waals surface area contributed by atoms with Crippen LogP contribution in [0, 0.1) is 6.92 Å². The number of aryl methyl sites for hydroxylation is 4. The maximum absolute atomic E-state index is 12.9. The Morgan fingerprint density at radius 1 is 1.22 bits per heavy atom. The summed E-state index contributed by atoms with van der Waals surface area (Å²) in [5.74, 6) is 1.18. The fourth-order valence-electron chi connectivity index (χ4n) is 4.76. The van der Waals surface area contributed by atoms with Crippen molar-refractivity contribution in [3.8, 4) is 0 Å². The molecule has 2 aliphatic rings. The van der Waals surface area contributed by atoms with Gasteiger partial charge in [-0.25, -0.2) is 9.97 Å². The summed E-state index contributed by atoms with van der Waals surface area (Å²) in [5.41, 5.74) is 1.19. The molecule has 0 aromatic carbocycles. The quantitative estimate of drug-likeness (QED) is 0.527. The molecule has 0 unspecified atom stereocenters. The molecule has 3 aromatic rings. The number of hydrogen-bond acceptors (Lipinski definition) is 7. The summed E-state index contributed by atoms with van der Waals surface area (Å²) in [6.45, 7) is 2.00. The topological polar surface area (TPSA) is 103 Å². The van der Waals surface area contributed by atoms with Crippen molar-refractivity contribution in [2.24, 2.45) is 7.05 Å². The van der Waals surface area contributed by atoms with Crippen molar-refractivity contribution >= 4 is 17.4 Å². The highest BCUT2D eigenvalue weighted by Gasteiger charge is 2.57. The van der Waals surface area contributed by atoms with Gasteiger partial charge in [0.05, 0.1) is 29.7 Å². The molecule has 192 valence electrons. The zero-order chi connectivity index (χ0) is 25.8. The molecule has 0 radical (unpaired) electrons. The second kappa shape index (κ2) is 8.57. The number of likely N-dealkylation sites (N-methyl/N-ethyl adjacent to an activating group) is 1. The number of methoxy groups -OCH3 is 1. The van der Waals surface area contributed by atoms with Crippen molar-refractivity contribution in [2.45, 2.75) is 57.0 Å². The Morgan fingerprint density at radius 3 is 2.61 bits per heavy atom. The molecule has 5 rings (SSSR count). The van der Waals surface area contributed by atoms with Crippen LogP contribution in [-0.2, 0) is 42.1 Å². The van der Waals surface area contributed by atoms with Gasteiger partial charge in [-0.05, 0) is 37.8 Å². The second-order valence-corrected chi connectivity index (χ2v) is 9.38. The van der Waals surface area contributed by atoms with Crippen molar-refractivity contribution in [2.75, 3.05) is 24.4 Å². The molecule has 1 amide bonds. The zero-order valence-corrected chi connectivity index (χ0v) is 20.4. The van der Waals surface area contributed by atoms with E-state index in [-0.39, 0.29) is 12.5 Å². The molecular weight excluding hydrogens is 477 g/mol. The highest BCUT2D eigenvalue weighted by Crippen LogP contribution is 2.47. The molecule has 36 heavy (non-hydrogen) atoms. The van der Waals surface area contributed by atoms with Crippen molar-refractivity contribution in [1.29, 1.82) is 0 Å². The largest absolute Gasteiger partial charge is 0.435 e. The lowest BCUT2D eigenvalue weighted by atomic mass is 10.0. The van der Waals surface area contributed by atoms with Gasteiger partial charge < -0.3 is 15.0 Å². The molecular formula is C23H27F3N8O2. The second-order valence-electron chi connectivity index (χ2n) is 9.38. The van der Waals surface area contributed by atoms with E-state index in [1.807, 2.05) is 18.9 Å². The summed E-state index contributed by atoms with van der Waals surface area (Å²) >= 11 is 0. The van der Waals surface area contributed by atoms with Gasteiger partial charge in [-0.3, -0.25) is 14.2 Å². The number of ether oxygens (including phenoxy) is 1. The van der Waals surface area contributed by atoms with Gasteiger partial charge in [-0.1, -0.05) is 0 Å². The number of fused-ring (bicyclic) bond motifs is 1. The predicted octanol–water partition coefficient (Wildman–Crippen LogP) is 2.50. The SMILES string of the molecule is COC1([C@H]2C(=O)Nc3c(C)nc(CCc4cnn(Cc5cc(C(F)(F)F)nn5C)c4)nc3N2C)CC1. The third-order valence-electron chi connectivity index (χ3n) is 6.90. The van der Waals surface area contributed by atoms with Crippen LogP contribution >= 0.6 is 0 Å². The van der Waals surface area contributed by atoms with Crippen molar-refractivity contribution in [3.05, 3.63) is 46.9 Å². The number of carbonyl (C=O) groups excluding carboxylic acids is 1. The lowest BCUT2D eigenvalue weighted by molar-refractivity contribution is -0.141. The van der Waals surface area contributed by atoms with Crippen LogP contribution < -0.4 is 10.2 Å². The van der Waals surface area contributed by atoms with Gasteiger partial charge in [0.2, 0.25) is 5.91 Å². The number of nitrogens with zero attached hydrogens (tertiary/aromatic N) is 7. The maximum atomic E-state index is 12.9. The normalized spacial score (nSPS) is 18.8. The molecule has 0 bridgehead atoms. The molecule has 1 atom stereocenters. The average Bonchev–Trinajstić information content (AvgIpc) is 3.30. The summed E-state index contributed by atoms with van der Waals surface area (Å²) in [6, 6.07) is 0.573. The van der Waals surface area contributed by atoms with Crippen LogP contribution in [0.5, 0.6) is 0 Å². The molecule has 0 saturated heterocycles. The Hall–Kier alpha value is -3.48. The molecule has 3 aromatic heterocycles. The van der Waals surface area contributed by atoms with Crippen LogP contribution in [0.1, 0.15) is 41.3 Å². The molecule has 13 heteroatoms. The average molecular weight is 505 g/mol. The number of carbonyl (C=O) groups is 1. The van der Waals surface area contributed by atoms with E-state index in [1.54, 1.807) is 24.2 Å². The van der Waals surface area contributed by atoms with Gasteiger partial charge in [0.1, 0.15) is 17.6 Å². The molecule has 1 fully saturated rings. The summed E-state index contributed by atoms with van der Waals surface area (Å²) in [6.07, 6.45) is 1.76. The maximum Gasteiger partial charge on any atom is 0.435 e. The molecule has 1 saturated carbocycles. The van der Waals surface area contributed by atoms with E-state index in [4.69, 9.17) is 9.72 Å². The zero-order valence-electron chi connectivity index (χ0n) is 20.4. The van der Waals surface area contributed by atoms with Crippen LogP contribution in [-0.4, -0.2) is 61.2 Å². The van der Waals surface area contributed by atoms with Crippen molar-refractivity contribution in [3.63, 3.8) is 0 Å². The fourth-order valence-corrected chi connectivity index (χ4v) is 4.76. The van der Waals surface area contributed by atoms with Gasteiger partial charge >= 0.3 is 6.18 Å². The number of nitrogens with one attached hydrogen (secondary N) is 1. The molecule has 1 aliphatic carbocycles. The highest BCUT2D eigenvalue weighted by molar-refractivity contribution is 6.04. The Balaban J connectivity index is 1.29. The third-order valence-corrected chi connectivity index (χ3v) is 6.90. The smallest absolute Gasteiger partial charge is 0.376 e. The number of anilines is 2. The summed E-state index contributed by atoms with van der Waals surface area (Å²) in [5, 5.41) is 10.8. The first kappa shape index (κ1) is 24.2. The van der Waals surface area contributed by atoms with Crippen LogP contribution in [0.15, 0.2) is 18.5 Å². The summed E-state index contributed by atoms with van der Waals surface area (Å²) in [7, 11) is 4.96. The Morgan fingerprint density at radius 2 is 1.97 bits per heavy atom. The summed E-state index contributed by atoms with van der Waals surface area (Å²) < 4.78 is 47.2. The lowest BCUT2D eigenvalue weighted by Gasteiger charge is -2.38. The van der Waals surface area contributed by atoms with Crippen LogP contribution in [0.2, 0.25) is 0 Å². The standard InChI is InChI=1S/C23H27F3N8O2/c1-13-18-20(32(2)19(21(35)30-18)22(36-4)7-8-22)29-17(28-13)6-5-14-10-27-34(11-14)12-15-9-16(23(24,25)26)31-33(15)3/h9-11,19H,5-8,12H2,1-4H3,(H,30,35)/t19-/m1/s1. The van der Waals surface area contributed by atoms with Gasteiger partial charge in [0.15, 0.2) is 11.5 Å². The molecule has 4 heterocycles. The molecule has 1 aliphatic heterocycles. The van der Waals surface area contributed by atoms with Gasteiger partial charge in [-0.2, -0.15) is 23.4 Å². The minimum absolute atomic E-state index is 0.119. The first-order valence-corrected chi connectivity index (χ1v) is 11.6. The lowest BCUT2D eigenvalue weighted by Crippen LogP contribution is -2.55. The number of hydrogen-bond donors (Lipinski definition) is 1. The van der Waals surface area contributed by atoms with Crippen LogP contribution in [0.4, 0.5) is 24.7 Å². The highest BCUT2D eigenvalue weighted by atomic mass is 19.4. The van der Waals surface area contributed by atoms with E-state index in [0.29, 0.717) is 41.6 Å². The van der Waals surface area contributed by atoms with E-state index < -0.39 is 23.5 Å². The monoisotopic (exact) mass is 504 g/mol. The Labute approximate surface area is 205 Å². The minimum Gasteiger partial charge on any atom is -0.376 e. The number of halogens is 3. The Kier molecular flexibility index (Phi) is 5.77. The van der Waals surface area contributed by atoms with E-state index in [0.717, 1.165) is 24.5 Å². The first-order chi connectivity index (χ1) is 17.0. The molecule has 10 nitrogen and oxygen atoms in total. The number of amides is 1. The van der Waals surface area contributed by atoms with E-state index in [9.17, 15) is 18.0 Å². The van der Waals surface area contributed by atoms with Crippen molar-refractivity contribution < 1.29 is 22.7 Å². The van der Waals surface area contributed by atoms with Crippen molar-refractivity contribution in [1.82, 2.24) is 29.5 Å². The van der Waals surface area contributed by atoms with Crippen LogP contribution in [0.25, 0.3) is 0 Å². The van der Waals surface area contributed by atoms with E-state index in [2.05, 4.69) is 20.5 Å². The predicted molar refractivity (Wildman–Crippen MR) is 124 cm³/mol.